The van der Waals surface area contributed by atoms with Gasteiger partial charge in [-0.2, -0.15) is 4.98 Å². The summed E-state index contributed by atoms with van der Waals surface area (Å²) in [5, 5.41) is 2.74. The Hall–Kier alpha value is -2.57. The molecule has 3 heterocycles. The second-order valence-electron chi connectivity index (χ2n) is 6.49. The molecule has 2 aromatic rings. The van der Waals surface area contributed by atoms with Crippen LogP contribution in [0, 0.1) is 12.8 Å². The fourth-order valence-electron chi connectivity index (χ4n) is 2.90. The van der Waals surface area contributed by atoms with Gasteiger partial charge < -0.3 is 19.4 Å². The third-order valence-corrected chi connectivity index (χ3v) is 4.15. The molecule has 1 aliphatic rings. The van der Waals surface area contributed by atoms with Crippen LogP contribution in [0.2, 0.25) is 0 Å². The molecule has 0 radical (unpaired) electrons. The van der Waals surface area contributed by atoms with Crippen LogP contribution >= 0.6 is 0 Å². The number of ether oxygens (including phenoxy) is 1. The number of piperidine rings is 1. The Bertz CT molecular complexity index is 702. The van der Waals surface area contributed by atoms with Crippen molar-refractivity contribution in [2.45, 2.75) is 33.2 Å². The molecule has 7 heteroatoms. The number of anilines is 1. The Morgan fingerprint density at radius 1 is 1.48 bits per heavy atom. The van der Waals surface area contributed by atoms with Crippen molar-refractivity contribution in [2.75, 3.05) is 24.6 Å². The van der Waals surface area contributed by atoms with Gasteiger partial charge in [0.1, 0.15) is 5.76 Å². The molecule has 7 nitrogen and oxygen atoms in total. The predicted molar refractivity (Wildman–Crippen MR) is 93.4 cm³/mol. The minimum atomic E-state index is -0.221. The van der Waals surface area contributed by atoms with E-state index in [1.54, 1.807) is 24.5 Å². The molecule has 0 spiro atoms. The van der Waals surface area contributed by atoms with Gasteiger partial charge in [-0.3, -0.25) is 4.79 Å². The van der Waals surface area contributed by atoms with Crippen molar-refractivity contribution in [3.63, 3.8) is 0 Å². The van der Waals surface area contributed by atoms with Gasteiger partial charge >= 0.3 is 0 Å². The van der Waals surface area contributed by atoms with Crippen molar-refractivity contribution in [2.24, 2.45) is 5.92 Å². The van der Waals surface area contributed by atoms with Gasteiger partial charge in [-0.1, -0.05) is 6.92 Å². The van der Waals surface area contributed by atoms with E-state index in [0.29, 0.717) is 30.1 Å². The molecule has 1 saturated heterocycles. The molecule has 2 aromatic heterocycles. The van der Waals surface area contributed by atoms with E-state index < -0.39 is 0 Å². The number of amides is 1. The van der Waals surface area contributed by atoms with E-state index in [9.17, 15) is 4.79 Å². The van der Waals surface area contributed by atoms with Gasteiger partial charge in [0.2, 0.25) is 11.8 Å². The zero-order valence-electron chi connectivity index (χ0n) is 14.7. The number of furan rings is 1. The summed E-state index contributed by atoms with van der Waals surface area (Å²) in [6.45, 7) is 6.30. The normalized spacial score (nSPS) is 17.4. The van der Waals surface area contributed by atoms with Crippen molar-refractivity contribution >= 4 is 11.9 Å². The molecule has 134 valence electrons. The molecule has 0 saturated carbocycles. The first-order valence-electron chi connectivity index (χ1n) is 8.62. The number of hydrogen-bond donors (Lipinski definition) is 1. The van der Waals surface area contributed by atoms with E-state index in [4.69, 9.17) is 9.15 Å². The summed E-state index contributed by atoms with van der Waals surface area (Å²) in [6.07, 6.45) is 3.95. The fraction of sp³-hybridized carbons (Fsp3) is 0.500. The Morgan fingerprint density at radius 2 is 2.36 bits per heavy atom. The highest BCUT2D eigenvalue weighted by Gasteiger charge is 2.19. The Morgan fingerprint density at radius 3 is 3.12 bits per heavy atom. The van der Waals surface area contributed by atoms with Gasteiger partial charge in [0, 0.05) is 24.8 Å². The van der Waals surface area contributed by atoms with E-state index >= 15 is 0 Å². The van der Waals surface area contributed by atoms with E-state index in [0.717, 1.165) is 25.2 Å². The molecule has 0 aliphatic carbocycles. The van der Waals surface area contributed by atoms with E-state index in [-0.39, 0.29) is 12.5 Å². The Kier molecular flexibility index (Phi) is 5.53. The smallest absolute Gasteiger partial charge is 0.258 e. The van der Waals surface area contributed by atoms with Crippen LogP contribution in [0.25, 0.3) is 0 Å². The largest absolute Gasteiger partial charge is 0.467 e. The van der Waals surface area contributed by atoms with Gasteiger partial charge in [-0.25, -0.2) is 4.98 Å². The second kappa shape index (κ2) is 8.00. The molecule has 0 bridgehead atoms. The maximum absolute atomic E-state index is 11.9. The minimum absolute atomic E-state index is 0.0903. The van der Waals surface area contributed by atoms with Crippen LogP contribution < -0.4 is 15.0 Å². The van der Waals surface area contributed by atoms with Crippen LogP contribution in [-0.2, 0) is 11.3 Å². The van der Waals surface area contributed by atoms with Crippen LogP contribution in [0.4, 0.5) is 5.95 Å². The molecular formula is C18H24N4O3. The standard InChI is InChI=1S/C18H24N4O3/c1-13-5-3-7-22(11-13)18-20-14(2)9-17(21-18)25-12-16(23)19-10-15-6-4-8-24-15/h4,6,8-9,13H,3,5,7,10-12H2,1-2H3,(H,19,23). The summed E-state index contributed by atoms with van der Waals surface area (Å²) in [5.74, 6) is 2.22. The van der Waals surface area contributed by atoms with Crippen molar-refractivity contribution < 1.29 is 13.9 Å². The zero-order chi connectivity index (χ0) is 17.6. The average Bonchev–Trinajstić information content (AvgIpc) is 3.11. The SMILES string of the molecule is Cc1cc(OCC(=O)NCc2ccco2)nc(N2CCCC(C)C2)n1. The van der Waals surface area contributed by atoms with Gasteiger partial charge in [0.25, 0.3) is 5.91 Å². The van der Waals surface area contributed by atoms with Crippen molar-refractivity contribution in [1.29, 1.82) is 0 Å². The summed E-state index contributed by atoms with van der Waals surface area (Å²) in [7, 11) is 0. The summed E-state index contributed by atoms with van der Waals surface area (Å²) in [6, 6.07) is 5.34. The highest BCUT2D eigenvalue weighted by atomic mass is 16.5. The van der Waals surface area contributed by atoms with Crippen molar-refractivity contribution in [1.82, 2.24) is 15.3 Å². The monoisotopic (exact) mass is 344 g/mol. The van der Waals surface area contributed by atoms with Crippen LogP contribution in [0.5, 0.6) is 5.88 Å². The molecular weight excluding hydrogens is 320 g/mol. The lowest BCUT2D eigenvalue weighted by Crippen LogP contribution is -2.35. The maximum atomic E-state index is 11.9. The quantitative estimate of drug-likeness (QED) is 0.866. The van der Waals surface area contributed by atoms with Crippen molar-refractivity contribution in [3.05, 3.63) is 35.9 Å². The number of hydrogen-bond acceptors (Lipinski definition) is 6. The number of aromatic nitrogens is 2. The number of nitrogens with one attached hydrogen (secondary N) is 1. The molecule has 1 amide bonds. The van der Waals surface area contributed by atoms with Crippen LogP contribution in [0.15, 0.2) is 28.9 Å². The lowest BCUT2D eigenvalue weighted by molar-refractivity contribution is -0.123. The first-order valence-corrected chi connectivity index (χ1v) is 8.62. The lowest BCUT2D eigenvalue weighted by Gasteiger charge is -2.31. The van der Waals surface area contributed by atoms with Gasteiger partial charge in [0.15, 0.2) is 6.61 Å². The topological polar surface area (TPSA) is 80.5 Å². The molecule has 0 aromatic carbocycles. The molecule has 1 unspecified atom stereocenters. The molecule has 1 atom stereocenters. The van der Waals surface area contributed by atoms with E-state index in [1.807, 2.05) is 6.92 Å². The summed E-state index contributed by atoms with van der Waals surface area (Å²) in [4.78, 5) is 23.1. The lowest BCUT2D eigenvalue weighted by atomic mass is 10.0. The Labute approximate surface area is 147 Å². The van der Waals surface area contributed by atoms with Crippen LogP contribution in [0.3, 0.4) is 0 Å². The minimum Gasteiger partial charge on any atom is -0.467 e. The number of nitrogens with zero attached hydrogens (tertiary/aromatic N) is 3. The van der Waals surface area contributed by atoms with Gasteiger partial charge in [-0.05, 0) is 37.8 Å². The highest BCUT2D eigenvalue weighted by Crippen LogP contribution is 2.22. The third kappa shape index (κ3) is 4.95. The molecule has 1 fully saturated rings. The third-order valence-electron chi connectivity index (χ3n) is 4.15. The average molecular weight is 344 g/mol. The summed E-state index contributed by atoms with van der Waals surface area (Å²) < 4.78 is 10.7. The zero-order valence-corrected chi connectivity index (χ0v) is 14.7. The summed E-state index contributed by atoms with van der Waals surface area (Å²) in [5.41, 5.74) is 0.828. The number of rotatable bonds is 6. The Balaban J connectivity index is 1.55. The molecule has 1 aliphatic heterocycles. The molecule has 25 heavy (non-hydrogen) atoms. The molecule has 3 rings (SSSR count). The van der Waals surface area contributed by atoms with Gasteiger partial charge in [-0.15, -0.1) is 0 Å². The first kappa shape index (κ1) is 17.3. The van der Waals surface area contributed by atoms with Crippen LogP contribution in [-0.4, -0.2) is 35.6 Å². The van der Waals surface area contributed by atoms with Crippen LogP contribution in [0.1, 0.15) is 31.2 Å². The fourth-order valence-corrected chi connectivity index (χ4v) is 2.90. The predicted octanol–water partition coefficient (Wildman–Crippen LogP) is 2.31. The molecule has 1 N–H and O–H groups in total. The van der Waals surface area contributed by atoms with E-state index in [2.05, 4.69) is 27.1 Å². The maximum Gasteiger partial charge on any atom is 0.258 e. The summed E-state index contributed by atoms with van der Waals surface area (Å²) >= 11 is 0. The first-order chi connectivity index (χ1) is 12.1. The highest BCUT2D eigenvalue weighted by molar-refractivity contribution is 5.77. The number of aryl methyl sites for hydroxylation is 1. The second-order valence-corrected chi connectivity index (χ2v) is 6.49. The van der Waals surface area contributed by atoms with E-state index in [1.165, 1.54) is 6.42 Å². The number of carbonyl (C=O) groups is 1. The van der Waals surface area contributed by atoms with Crippen molar-refractivity contribution in [3.8, 4) is 5.88 Å². The van der Waals surface area contributed by atoms with Gasteiger partial charge in [0.05, 0.1) is 12.8 Å². The number of carbonyl (C=O) groups excluding carboxylic acids is 1.